The fourth-order valence-corrected chi connectivity index (χ4v) is 2.13. The van der Waals surface area contributed by atoms with Crippen LogP contribution in [0.5, 0.6) is 0 Å². The van der Waals surface area contributed by atoms with Crippen LogP contribution in [0.15, 0.2) is 17.6 Å². The van der Waals surface area contributed by atoms with Crippen LogP contribution >= 0.6 is 11.3 Å². The van der Waals surface area contributed by atoms with E-state index in [9.17, 15) is 0 Å². The number of nitrogens with zero attached hydrogens (tertiary/aromatic N) is 4. The zero-order valence-electron chi connectivity index (χ0n) is 9.34. The van der Waals surface area contributed by atoms with Crippen LogP contribution in [-0.4, -0.2) is 21.7 Å². The largest absolute Gasteiger partial charge is 0.367 e. The summed E-state index contributed by atoms with van der Waals surface area (Å²) in [6, 6.07) is 3.71. The minimum Gasteiger partial charge on any atom is -0.367 e. The van der Waals surface area contributed by atoms with E-state index in [1.54, 1.807) is 17.4 Å². The van der Waals surface area contributed by atoms with Crippen molar-refractivity contribution in [1.29, 1.82) is 5.26 Å². The van der Waals surface area contributed by atoms with E-state index in [4.69, 9.17) is 5.26 Å². The molecular formula is C11H11N5S. The van der Waals surface area contributed by atoms with Gasteiger partial charge in [0, 0.05) is 24.0 Å². The molecule has 0 atom stereocenters. The molecular weight excluding hydrogens is 234 g/mol. The maximum absolute atomic E-state index is 8.87. The van der Waals surface area contributed by atoms with Crippen LogP contribution in [0.25, 0.3) is 0 Å². The van der Waals surface area contributed by atoms with E-state index >= 15 is 0 Å². The Labute approximate surface area is 103 Å². The van der Waals surface area contributed by atoms with Gasteiger partial charge in [-0.25, -0.2) is 4.98 Å². The second-order valence-corrected chi connectivity index (χ2v) is 4.41. The standard InChI is InChI=1S/C11H11N5S/c1-8-7-17-10(15-8)3-4-13-11-9(6-12)2-5-14-16-11/h2,5,7H,3-4H2,1H3,(H,13,16). The Kier molecular flexibility index (Phi) is 3.62. The van der Waals surface area contributed by atoms with E-state index in [0.717, 1.165) is 17.1 Å². The van der Waals surface area contributed by atoms with Gasteiger partial charge in [-0.1, -0.05) is 0 Å². The third kappa shape index (κ3) is 2.98. The molecule has 0 radical (unpaired) electrons. The normalized spacial score (nSPS) is 9.88. The molecule has 2 rings (SSSR count). The Hall–Kier alpha value is -2.00. The number of nitriles is 1. The zero-order chi connectivity index (χ0) is 12.1. The second kappa shape index (κ2) is 5.37. The SMILES string of the molecule is Cc1csc(CCNc2nnccc2C#N)n1. The molecule has 0 amide bonds. The first kappa shape index (κ1) is 11.5. The van der Waals surface area contributed by atoms with Crippen molar-refractivity contribution in [2.24, 2.45) is 0 Å². The van der Waals surface area contributed by atoms with Gasteiger partial charge in [0.2, 0.25) is 0 Å². The van der Waals surface area contributed by atoms with Crippen LogP contribution in [-0.2, 0) is 6.42 Å². The highest BCUT2D eigenvalue weighted by molar-refractivity contribution is 7.09. The number of anilines is 1. The van der Waals surface area contributed by atoms with Gasteiger partial charge in [0.15, 0.2) is 5.82 Å². The molecule has 0 saturated carbocycles. The lowest BCUT2D eigenvalue weighted by molar-refractivity contribution is 0.949. The molecule has 2 heterocycles. The molecule has 0 aliphatic carbocycles. The second-order valence-electron chi connectivity index (χ2n) is 3.46. The maximum Gasteiger partial charge on any atom is 0.166 e. The first-order chi connectivity index (χ1) is 8.29. The van der Waals surface area contributed by atoms with Crippen LogP contribution in [0.4, 0.5) is 5.82 Å². The number of aryl methyl sites for hydroxylation is 1. The van der Waals surface area contributed by atoms with Crippen molar-refractivity contribution >= 4 is 17.2 Å². The molecule has 0 fully saturated rings. The zero-order valence-corrected chi connectivity index (χ0v) is 10.2. The van der Waals surface area contributed by atoms with E-state index in [1.165, 1.54) is 6.20 Å². The summed E-state index contributed by atoms with van der Waals surface area (Å²) in [6.07, 6.45) is 2.33. The number of hydrogen-bond acceptors (Lipinski definition) is 6. The smallest absolute Gasteiger partial charge is 0.166 e. The number of aromatic nitrogens is 3. The Balaban J connectivity index is 1.92. The Morgan fingerprint density at radius 3 is 3.12 bits per heavy atom. The highest BCUT2D eigenvalue weighted by atomic mass is 32.1. The first-order valence-electron chi connectivity index (χ1n) is 5.16. The van der Waals surface area contributed by atoms with Crippen molar-refractivity contribution in [1.82, 2.24) is 15.2 Å². The van der Waals surface area contributed by atoms with Gasteiger partial charge in [-0.15, -0.1) is 16.4 Å². The molecule has 0 spiro atoms. The van der Waals surface area contributed by atoms with Gasteiger partial charge in [0.25, 0.3) is 0 Å². The van der Waals surface area contributed by atoms with Crippen LogP contribution in [0.2, 0.25) is 0 Å². The van der Waals surface area contributed by atoms with Gasteiger partial charge in [-0.3, -0.25) is 0 Å². The van der Waals surface area contributed by atoms with Gasteiger partial charge in [-0.05, 0) is 13.0 Å². The van der Waals surface area contributed by atoms with Crippen molar-refractivity contribution in [3.63, 3.8) is 0 Å². The molecule has 0 bridgehead atoms. The summed E-state index contributed by atoms with van der Waals surface area (Å²) in [7, 11) is 0. The number of nitrogens with one attached hydrogen (secondary N) is 1. The van der Waals surface area contributed by atoms with Crippen molar-refractivity contribution < 1.29 is 0 Å². The topological polar surface area (TPSA) is 74.5 Å². The molecule has 0 aliphatic heterocycles. The number of hydrogen-bond donors (Lipinski definition) is 1. The van der Waals surface area contributed by atoms with Crippen LogP contribution in [0.1, 0.15) is 16.3 Å². The minimum atomic E-state index is 0.510. The van der Waals surface area contributed by atoms with E-state index < -0.39 is 0 Å². The molecule has 0 saturated heterocycles. The van der Waals surface area contributed by atoms with Crippen LogP contribution < -0.4 is 5.32 Å². The molecule has 2 aromatic rings. The van der Waals surface area contributed by atoms with Gasteiger partial charge in [0.1, 0.15) is 6.07 Å². The molecule has 0 aromatic carbocycles. The Bertz CT molecular complexity index is 543. The van der Waals surface area contributed by atoms with Crippen molar-refractivity contribution in [3.8, 4) is 6.07 Å². The summed E-state index contributed by atoms with van der Waals surface area (Å²) in [4.78, 5) is 4.36. The summed E-state index contributed by atoms with van der Waals surface area (Å²) in [5, 5.41) is 22.7. The van der Waals surface area contributed by atoms with Crippen molar-refractivity contribution in [2.45, 2.75) is 13.3 Å². The lowest BCUT2D eigenvalue weighted by Gasteiger charge is -2.04. The average Bonchev–Trinajstić information content (AvgIpc) is 2.76. The molecule has 5 nitrogen and oxygen atoms in total. The van der Waals surface area contributed by atoms with Gasteiger partial charge in [-0.2, -0.15) is 10.4 Å². The molecule has 0 unspecified atom stereocenters. The van der Waals surface area contributed by atoms with Crippen LogP contribution in [0.3, 0.4) is 0 Å². The lowest BCUT2D eigenvalue weighted by Crippen LogP contribution is -2.08. The fraction of sp³-hybridized carbons (Fsp3) is 0.273. The maximum atomic E-state index is 8.87. The first-order valence-corrected chi connectivity index (χ1v) is 6.04. The Morgan fingerprint density at radius 2 is 2.41 bits per heavy atom. The van der Waals surface area contributed by atoms with Crippen molar-refractivity contribution in [2.75, 3.05) is 11.9 Å². The Morgan fingerprint density at radius 1 is 1.53 bits per heavy atom. The molecule has 86 valence electrons. The van der Waals surface area contributed by atoms with Gasteiger partial charge >= 0.3 is 0 Å². The third-order valence-corrected chi connectivity index (χ3v) is 3.17. The number of thiazole rings is 1. The van der Waals surface area contributed by atoms with Crippen molar-refractivity contribution in [3.05, 3.63) is 33.9 Å². The monoisotopic (exact) mass is 245 g/mol. The van der Waals surface area contributed by atoms with E-state index in [1.807, 2.05) is 12.3 Å². The quantitative estimate of drug-likeness (QED) is 0.888. The summed E-state index contributed by atoms with van der Waals surface area (Å²) in [5.41, 5.74) is 1.55. The minimum absolute atomic E-state index is 0.510. The predicted octanol–water partition coefficient (Wildman–Crippen LogP) is 1.77. The molecule has 2 aromatic heterocycles. The van der Waals surface area contributed by atoms with E-state index in [-0.39, 0.29) is 0 Å². The van der Waals surface area contributed by atoms with Crippen LogP contribution in [0, 0.1) is 18.3 Å². The summed E-state index contributed by atoms with van der Waals surface area (Å²) >= 11 is 1.64. The molecule has 0 aliphatic rings. The molecule has 17 heavy (non-hydrogen) atoms. The third-order valence-electron chi connectivity index (χ3n) is 2.14. The molecule has 1 N–H and O–H groups in total. The van der Waals surface area contributed by atoms with Gasteiger partial charge < -0.3 is 5.32 Å². The average molecular weight is 245 g/mol. The highest BCUT2D eigenvalue weighted by Crippen LogP contribution is 2.11. The fourth-order valence-electron chi connectivity index (χ4n) is 1.36. The van der Waals surface area contributed by atoms with E-state index in [2.05, 4.69) is 26.6 Å². The number of rotatable bonds is 4. The summed E-state index contributed by atoms with van der Waals surface area (Å²) < 4.78 is 0. The summed E-state index contributed by atoms with van der Waals surface area (Å²) in [5.74, 6) is 0.531. The lowest BCUT2D eigenvalue weighted by atomic mass is 10.3. The molecule has 6 heteroatoms. The van der Waals surface area contributed by atoms with Gasteiger partial charge in [0.05, 0.1) is 16.8 Å². The predicted molar refractivity (Wildman–Crippen MR) is 65.8 cm³/mol. The van der Waals surface area contributed by atoms with E-state index in [0.29, 0.717) is 17.9 Å². The highest BCUT2D eigenvalue weighted by Gasteiger charge is 2.03. The summed E-state index contributed by atoms with van der Waals surface area (Å²) in [6.45, 7) is 2.67.